The summed E-state index contributed by atoms with van der Waals surface area (Å²) >= 11 is 0. The van der Waals surface area contributed by atoms with Crippen LogP contribution in [0.25, 0.3) is 10.9 Å². The first-order valence-corrected chi connectivity index (χ1v) is 9.14. The van der Waals surface area contributed by atoms with Gasteiger partial charge in [-0.05, 0) is 38.4 Å². The van der Waals surface area contributed by atoms with Gasteiger partial charge in [-0.3, -0.25) is 14.7 Å². The maximum absolute atomic E-state index is 10.9. The highest BCUT2D eigenvalue weighted by atomic mass is 16.4. The molecule has 1 aromatic carbocycles. The van der Waals surface area contributed by atoms with Gasteiger partial charge in [0, 0.05) is 35.9 Å². The van der Waals surface area contributed by atoms with Gasteiger partial charge in [-0.25, -0.2) is 0 Å². The van der Waals surface area contributed by atoms with Crippen molar-refractivity contribution in [3.63, 3.8) is 0 Å². The van der Waals surface area contributed by atoms with E-state index in [1.165, 1.54) is 11.1 Å². The van der Waals surface area contributed by atoms with Gasteiger partial charge >= 0.3 is 5.97 Å². The summed E-state index contributed by atoms with van der Waals surface area (Å²) in [5.41, 5.74) is 3.49. The van der Waals surface area contributed by atoms with Gasteiger partial charge in [-0.2, -0.15) is 0 Å². The molecule has 5 heteroatoms. The topological polar surface area (TPSA) is 56.7 Å². The second kappa shape index (κ2) is 7.83. The van der Waals surface area contributed by atoms with Crippen LogP contribution in [0.3, 0.4) is 0 Å². The summed E-state index contributed by atoms with van der Waals surface area (Å²) in [6.45, 7) is 4.20. The number of aliphatic carboxylic acids is 1. The van der Waals surface area contributed by atoms with E-state index in [-0.39, 0.29) is 6.54 Å². The number of likely N-dealkylation sites (N-methyl/N-ethyl adjacent to an activating group) is 1. The number of piperidine rings is 1. The SMILES string of the molecule is CCCc1cc(N2CCC(N(C)CC(=O)O)CC2)c2ccccc2n1. The minimum Gasteiger partial charge on any atom is -0.480 e. The number of anilines is 1. The average molecular weight is 341 g/mol. The molecule has 2 heterocycles. The van der Waals surface area contributed by atoms with Gasteiger partial charge in [0.15, 0.2) is 0 Å². The molecule has 134 valence electrons. The molecule has 1 N–H and O–H groups in total. The van der Waals surface area contributed by atoms with E-state index in [0.29, 0.717) is 6.04 Å². The lowest BCUT2D eigenvalue weighted by Gasteiger charge is -2.37. The smallest absolute Gasteiger partial charge is 0.317 e. The van der Waals surface area contributed by atoms with E-state index in [1.54, 1.807) is 0 Å². The Balaban J connectivity index is 1.79. The number of fused-ring (bicyclic) bond motifs is 1. The van der Waals surface area contributed by atoms with Gasteiger partial charge in [-0.1, -0.05) is 31.5 Å². The van der Waals surface area contributed by atoms with E-state index in [0.717, 1.165) is 50.0 Å². The molecular weight excluding hydrogens is 314 g/mol. The number of para-hydroxylation sites is 1. The number of aromatic nitrogens is 1. The largest absolute Gasteiger partial charge is 0.480 e. The normalized spacial score (nSPS) is 15.9. The number of carbonyl (C=O) groups is 1. The minimum atomic E-state index is -0.755. The summed E-state index contributed by atoms with van der Waals surface area (Å²) < 4.78 is 0. The van der Waals surface area contributed by atoms with Gasteiger partial charge in [0.2, 0.25) is 0 Å². The zero-order valence-electron chi connectivity index (χ0n) is 15.1. The Morgan fingerprint density at radius 3 is 2.72 bits per heavy atom. The van der Waals surface area contributed by atoms with E-state index in [9.17, 15) is 4.79 Å². The number of nitrogens with zero attached hydrogens (tertiary/aromatic N) is 3. The maximum atomic E-state index is 10.9. The number of benzene rings is 1. The van der Waals surface area contributed by atoms with Crippen LogP contribution < -0.4 is 4.90 Å². The molecular formula is C20H27N3O2. The summed E-state index contributed by atoms with van der Waals surface area (Å²) in [5.74, 6) is -0.755. The molecule has 1 aliphatic rings. The molecule has 0 radical (unpaired) electrons. The number of rotatable bonds is 6. The molecule has 1 saturated heterocycles. The van der Waals surface area contributed by atoms with E-state index < -0.39 is 5.97 Å². The second-order valence-electron chi connectivity index (χ2n) is 6.93. The van der Waals surface area contributed by atoms with Crippen molar-refractivity contribution >= 4 is 22.6 Å². The van der Waals surface area contributed by atoms with Crippen molar-refractivity contribution in [3.05, 3.63) is 36.0 Å². The third-order valence-corrected chi connectivity index (χ3v) is 5.07. The van der Waals surface area contributed by atoms with Crippen molar-refractivity contribution in [3.8, 4) is 0 Å². The van der Waals surface area contributed by atoms with Crippen LogP contribution in [0.5, 0.6) is 0 Å². The van der Waals surface area contributed by atoms with Gasteiger partial charge < -0.3 is 10.0 Å². The monoisotopic (exact) mass is 341 g/mol. The fourth-order valence-corrected chi connectivity index (χ4v) is 3.75. The first-order chi connectivity index (χ1) is 12.1. The molecule has 0 unspecified atom stereocenters. The molecule has 2 aromatic rings. The van der Waals surface area contributed by atoms with Gasteiger partial charge in [0.05, 0.1) is 12.1 Å². The van der Waals surface area contributed by atoms with E-state index in [4.69, 9.17) is 10.1 Å². The predicted octanol–water partition coefficient (Wildman–Crippen LogP) is 3.17. The fourth-order valence-electron chi connectivity index (χ4n) is 3.75. The Labute approximate surface area is 149 Å². The van der Waals surface area contributed by atoms with E-state index in [2.05, 4.69) is 36.1 Å². The molecule has 1 aliphatic heterocycles. The Morgan fingerprint density at radius 1 is 1.32 bits per heavy atom. The Hall–Kier alpha value is -2.14. The number of pyridine rings is 1. The highest BCUT2D eigenvalue weighted by molar-refractivity contribution is 5.92. The van der Waals surface area contributed by atoms with Crippen molar-refractivity contribution in [1.82, 2.24) is 9.88 Å². The van der Waals surface area contributed by atoms with Crippen LogP contribution >= 0.6 is 0 Å². The Bertz CT molecular complexity index is 739. The van der Waals surface area contributed by atoms with Crippen molar-refractivity contribution in [2.75, 3.05) is 31.6 Å². The molecule has 0 aliphatic carbocycles. The molecule has 1 aromatic heterocycles. The molecule has 25 heavy (non-hydrogen) atoms. The van der Waals surface area contributed by atoms with Crippen LogP contribution in [0.2, 0.25) is 0 Å². The minimum absolute atomic E-state index is 0.115. The maximum Gasteiger partial charge on any atom is 0.317 e. The predicted molar refractivity (Wildman–Crippen MR) is 101 cm³/mol. The third kappa shape index (κ3) is 4.10. The van der Waals surface area contributed by atoms with Crippen molar-refractivity contribution in [2.45, 2.75) is 38.6 Å². The lowest BCUT2D eigenvalue weighted by Crippen LogP contribution is -2.45. The van der Waals surface area contributed by atoms with E-state index >= 15 is 0 Å². The van der Waals surface area contributed by atoms with Crippen LogP contribution in [-0.2, 0) is 11.2 Å². The summed E-state index contributed by atoms with van der Waals surface area (Å²) in [5, 5.41) is 10.2. The van der Waals surface area contributed by atoms with Crippen LogP contribution in [0.1, 0.15) is 31.9 Å². The van der Waals surface area contributed by atoms with Crippen LogP contribution in [0.15, 0.2) is 30.3 Å². The first kappa shape index (κ1) is 17.7. The summed E-state index contributed by atoms with van der Waals surface area (Å²) in [6.07, 6.45) is 4.07. The highest BCUT2D eigenvalue weighted by Gasteiger charge is 2.24. The Morgan fingerprint density at radius 2 is 2.04 bits per heavy atom. The number of carboxylic acid groups (broad SMARTS) is 1. The van der Waals surface area contributed by atoms with Gasteiger partial charge in [0.25, 0.3) is 0 Å². The number of aryl methyl sites for hydroxylation is 1. The molecule has 0 saturated carbocycles. The average Bonchev–Trinajstić information content (AvgIpc) is 2.61. The molecule has 5 nitrogen and oxygen atoms in total. The van der Waals surface area contributed by atoms with Gasteiger partial charge in [-0.15, -0.1) is 0 Å². The zero-order chi connectivity index (χ0) is 17.8. The molecule has 1 fully saturated rings. The summed E-state index contributed by atoms with van der Waals surface area (Å²) in [7, 11) is 1.91. The van der Waals surface area contributed by atoms with E-state index in [1.807, 2.05) is 18.0 Å². The van der Waals surface area contributed by atoms with Crippen molar-refractivity contribution in [1.29, 1.82) is 0 Å². The quantitative estimate of drug-likeness (QED) is 0.874. The molecule has 0 spiro atoms. The lowest BCUT2D eigenvalue weighted by molar-refractivity contribution is -0.138. The standard InChI is InChI=1S/C20H27N3O2/c1-3-6-15-13-19(17-7-4-5-8-18(17)21-15)23-11-9-16(10-12-23)22(2)14-20(24)25/h4-5,7-8,13,16H,3,6,9-12,14H2,1-2H3,(H,24,25). The second-order valence-corrected chi connectivity index (χ2v) is 6.93. The number of hydrogen-bond donors (Lipinski definition) is 1. The third-order valence-electron chi connectivity index (χ3n) is 5.07. The fraction of sp³-hybridized carbons (Fsp3) is 0.500. The highest BCUT2D eigenvalue weighted by Crippen LogP contribution is 2.30. The molecule has 0 atom stereocenters. The molecule has 3 rings (SSSR count). The molecule has 0 bridgehead atoms. The number of carboxylic acids is 1. The summed E-state index contributed by atoms with van der Waals surface area (Å²) in [6, 6.07) is 10.9. The Kier molecular flexibility index (Phi) is 5.53. The number of hydrogen-bond acceptors (Lipinski definition) is 4. The first-order valence-electron chi connectivity index (χ1n) is 9.14. The van der Waals surface area contributed by atoms with Gasteiger partial charge in [0.1, 0.15) is 0 Å². The molecule has 0 amide bonds. The van der Waals surface area contributed by atoms with Crippen molar-refractivity contribution < 1.29 is 9.90 Å². The van der Waals surface area contributed by atoms with Crippen LogP contribution in [0, 0.1) is 0 Å². The zero-order valence-corrected chi connectivity index (χ0v) is 15.1. The van der Waals surface area contributed by atoms with Crippen molar-refractivity contribution in [2.24, 2.45) is 0 Å². The van der Waals surface area contributed by atoms with Crippen LogP contribution in [-0.4, -0.2) is 53.7 Å². The van der Waals surface area contributed by atoms with Crippen LogP contribution in [0.4, 0.5) is 5.69 Å². The summed E-state index contributed by atoms with van der Waals surface area (Å²) in [4.78, 5) is 20.1. The lowest BCUT2D eigenvalue weighted by atomic mass is 10.0.